The van der Waals surface area contributed by atoms with Gasteiger partial charge in [-0.1, -0.05) is 91.0 Å². The number of allylic oxidation sites excluding steroid dienone is 1. The highest BCUT2D eigenvalue weighted by Crippen LogP contribution is 2.30. The molecule has 0 unspecified atom stereocenters. The largest absolute Gasteiger partial charge is 0.488 e. The first kappa shape index (κ1) is 19.8. The lowest BCUT2D eigenvalue weighted by Gasteiger charge is -2.10. The number of hydrogen-bond acceptors (Lipinski definition) is 2. The molecule has 0 atom stereocenters. The zero-order valence-electron chi connectivity index (χ0n) is 17.6. The van der Waals surface area contributed by atoms with Crippen LogP contribution in [0.25, 0.3) is 27.6 Å². The number of benzene rings is 5. The maximum Gasteiger partial charge on any atom is 0.189 e. The summed E-state index contributed by atoms with van der Waals surface area (Å²) in [7, 11) is 0. The highest BCUT2D eigenvalue weighted by molar-refractivity contribution is 6.12. The van der Waals surface area contributed by atoms with Gasteiger partial charge in [-0.15, -0.1) is 0 Å². The second-order valence-electron chi connectivity index (χ2n) is 7.70. The summed E-state index contributed by atoms with van der Waals surface area (Å²) in [6, 6.07) is 36.1. The molecule has 154 valence electrons. The maximum absolute atomic E-state index is 13.2. The molecule has 0 aliphatic rings. The quantitative estimate of drug-likeness (QED) is 0.164. The van der Waals surface area contributed by atoms with Gasteiger partial charge in [-0.05, 0) is 63.0 Å². The number of ketones is 1. The van der Waals surface area contributed by atoms with Crippen molar-refractivity contribution < 1.29 is 9.53 Å². The lowest BCUT2D eigenvalue weighted by Crippen LogP contribution is -2.02. The topological polar surface area (TPSA) is 26.3 Å². The molecule has 32 heavy (non-hydrogen) atoms. The van der Waals surface area contributed by atoms with Crippen LogP contribution in [0.5, 0.6) is 5.75 Å². The van der Waals surface area contributed by atoms with Gasteiger partial charge < -0.3 is 4.74 Å². The highest BCUT2D eigenvalue weighted by atomic mass is 16.5. The molecule has 0 N–H and O–H groups in total. The van der Waals surface area contributed by atoms with Crippen LogP contribution < -0.4 is 4.74 Å². The minimum Gasteiger partial charge on any atom is -0.488 e. The average molecular weight is 415 g/mol. The second kappa shape index (κ2) is 8.91. The third-order valence-corrected chi connectivity index (χ3v) is 5.60. The molecule has 0 aliphatic heterocycles. The molecule has 0 spiro atoms. The number of hydrogen-bond donors (Lipinski definition) is 0. The van der Waals surface area contributed by atoms with E-state index in [1.807, 2.05) is 84.9 Å². The van der Waals surface area contributed by atoms with Crippen LogP contribution in [0.15, 0.2) is 115 Å². The lowest BCUT2D eigenvalue weighted by molar-refractivity contribution is 0.104. The molecule has 0 aliphatic carbocycles. The number of carbonyl (C=O) groups is 1. The highest BCUT2D eigenvalue weighted by Gasteiger charge is 2.11. The fraction of sp³-hybridized carbons (Fsp3) is 0.0333. The Morgan fingerprint density at radius 1 is 0.688 bits per heavy atom. The first-order valence-electron chi connectivity index (χ1n) is 10.7. The molecule has 0 saturated heterocycles. The third-order valence-electron chi connectivity index (χ3n) is 5.60. The number of fused-ring (bicyclic) bond motifs is 2. The molecule has 0 heterocycles. The molecule has 0 saturated carbocycles. The Morgan fingerprint density at radius 3 is 2.00 bits per heavy atom. The van der Waals surface area contributed by atoms with Crippen molar-refractivity contribution in [3.63, 3.8) is 0 Å². The molecule has 0 radical (unpaired) electrons. The normalized spacial score (nSPS) is 11.2. The fourth-order valence-corrected chi connectivity index (χ4v) is 4.01. The first-order chi connectivity index (χ1) is 15.8. The van der Waals surface area contributed by atoms with Crippen LogP contribution in [-0.2, 0) is 6.61 Å². The van der Waals surface area contributed by atoms with Gasteiger partial charge in [0.25, 0.3) is 0 Å². The molecular formula is C30H22O2. The van der Waals surface area contributed by atoms with E-state index in [-0.39, 0.29) is 5.78 Å². The van der Waals surface area contributed by atoms with E-state index in [4.69, 9.17) is 4.74 Å². The molecule has 0 bridgehead atoms. The van der Waals surface area contributed by atoms with Gasteiger partial charge >= 0.3 is 0 Å². The number of ether oxygens (including phenoxy) is 1. The van der Waals surface area contributed by atoms with Crippen molar-refractivity contribution >= 4 is 33.4 Å². The molecule has 0 fully saturated rings. The van der Waals surface area contributed by atoms with E-state index in [1.54, 1.807) is 6.08 Å². The van der Waals surface area contributed by atoms with Crippen LogP contribution in [-0.4, -0.2) is 5.78 Å². The molecule has 0 aromatic heterocycles. The average Bonchev–Trinajstić information content (AvgIpc) is 2.86. The predicted molar refractivity (Wildman–Crippen MR) is 132 cm³/mol. The van der Waals surface area contributed by atoms with Crippen molar-refractivity contribution in [3.05, 3.63) is 132 Å². The van der Waals surface area contributed by atoms with E-state index in [0.717, 1.165) is 32.7 Å². The molecule has 0 amide bonds. The zero-order valence-corrected chi connectivity index (χ0v) is 17.6. The Hall–Kier alpha value is -4.17. The molecule has 5 rings (SSSR count). The summed E-state index contributed by atoms with van der Waals surface area (Å²) in [6.07, 6.45) is 3.58. The standard InChI is InChI=1S/C30H22O2/c31-29(28-16-8-9-17-30(28)32-21-22-10-2-1-3-11-22)19-18-27-25-14-6-4-12-23(25)20-24-13-5-7-15-26(24)27/h1-20H,21H2. The van der Waals surface area contributed by atoms with Crippen molar-refractivity contribution in [3.8, 4) is 5.75 Å². The van der Waals surface area contributed by atoms with Crippen molar-refractivity contribution in [1.29, 1.82) is 0 Å². The van der Waals surface area contributed by atoms with Crippen LogP contribution in [0, 0.1) is 0 Å². The van der Waals surface area contributed by atoms with E-state index >= 15 is 0 Å². The SMILES string of the molecule is O=C(C=Cc1c2ccccc2cc2ccccc12)c1ccccc1OCc1ccccc1. The fourth-order valence-electron chi connectivity index (χ4n) is 4.01. The number of rotatable bonds is 6. The summed E-state index contributed by atoms with van der Waals surface area (Å²) >= 11 is 0. The summed E-state index contributed by atoms with van der Waals surface area (Å²) in [4.78, 5) is 13.2. The number of para-hydroxylation sites is 1. The first-order valence-corrected chi connectivity index (χ1v) is 10.7. The minimum absolute atomic E-state index is 0.0781. The second-order valence-corrected chi connectivity index (χ2v) is 7.70. The summed E-state index contributed by atoms with van der Waals surface area (Å²) in [5.41, 5.74) is 2.67. The van der Waals surface area contributed by atoms with E-state index in [2.05, 4.69) is 30.3 Å². The number of carbonyl (C=O) groups excluding carboxylic acids is 1. The van der Waals surface area contributed by atoms with E-state index in [0.29, 0.717) is 17.9 Å². The van der Waals surface area contributed by atoms with Crippen LogP contribution in [0.2, 0.25) is 0 Å². The van der Waals surface area contributed by atoms with E-state index in [1.165, 1.54) is 0 Å². The van der Waals surface area contributed by atoms with Crippen molar-refractivity contribution in [2.24, 2.45) is 0 Å². The van der Waals surface area contributed by atoms with Crippen molar-refractivity contribution in [2.75, 3.05) is 0 Å². The predicted octanol–water partition coefficient (Wildman–Crippen LogP) is 7.47. The smallest absolute Gasteiger partial charge is 0.189 e. The molecule has 5 aromatic rings. The monoisotopic (exact) mass is 414 g/mol. The molecule has 5 aromatic carbocycles. The van der Waals surface area contributed by atoms with Crippen molar-refractivity contribution in [2.45, 2.75) is 6.61 Å². The Balaban J connectivity index is 1.48. The van der Waals surface area contributed by atoms with Gasteiger partial charge in [0, 0.05) is 0 Å². The summed E-state index contributed by atoms with van der Waals surface area (Å²) in [6.45, 7) is 0.419. The van der Waals surface area contributed by atoms with Crippen LogP contribution >= 0.6 is 0 Å². The van der Waals surface area contributed by atoms with Gasteiger partial charge in [0.2, 0.25) is 0 Å². The molecular weight excluding hydrogens is 392 g/mol. The van der Waals surface area contributed by atoms with E-state index in [9.17, 15) is 4.79 Å². The van der Waals surface area contributed by atoms with Gasteiger partial charge in [0.05, 0.1) is 5.56 Å². The van der Waals surface area contributed by atoms with Gasteiger partial charge in [-0.25, -0.2) is 0 Å². The molecule has 2 nitrogen and oxygen atoms in total. The lowest BCUT2D eigenvalue weighted by atomic mass is 9.96. The summed E-state index contributed by atoms with van der Waals surface area (Å²) < 4.78 is 5.98. The minimum atomic E-state index is -0.0781. The Kier molecular flexibility index (Phi) is 5.50. The third kappa shape index (κ3) is 4.03. The Morgan fingerprint density at radius 2 is 1.28 bits per heavy atom. The van der Waals surface area contributed by atoms with Crippen LogP contribution in [0.1, 0.15) is 21.5 Å². The van der Waals surface area contributed by atoms with Gasteiger partial charge in [0.1, 0.15) is 12.4 Å². The zero-order chi connectivity index (χ0) is 21.8. The van der Waals surface area contributed by atoms with Crippen LogP contribution in [0.4, 0.5) is 0 Å². The summed E-state index contributed by atoms with van der Waals surface area (Å²) in [5.74, 6) is 0.513. The van der Waals surface area contributed by atoms with Crippen molar-refractivity contribution in [1.82, 2.24) is 0 Å². The summed E-state index contributed by atoms with van der Waals surface area (Å²) in [5, 5.41) is 4.57. The van der Waals surface area contributed by atoms with Gasteiger partial charge in [0.15, 0.2) is 5.78 Å². The maximum atomic E-state index is 13.2. The van der Waals surface area contributed by atoms with E-state index < -0.39 is 0 Å². The van der Waals surface area contributed by atoms with Crippen LogP contribution in [0.3, 0.4) is 0 Å². The Labute approximate surface area is 187 Å². The van der Waals surface area contributed by atoms with Gasteiger partial charge in [-0.2, -0.15) is 0 Å². The Bertz CT molecular complexity index is 1380. The van der Waals surface area contributed by atoms with Gasteiger partial charge in [-0.3, -0.25) is 4.79 Å². The molecule has 2 heteroatoms.